The highest BCUT2D eigenvalue weighted by atomic mass is 16.6. The van der Waals surface area contributed by atoms with Crippen molar-refractivity contribution in [2.24, 2.45) is 0 Å². The van der Waals surface area contributed by atoms with Crippen LogP contribution < -0.4 is 16.0 Å². The van der Waals surface area contributed by atoms with E-state index in [-0.39, 0.29) is 24.5 Å². The number of aliphatic hydroxyl groups excluding tert-OH is 1. The van der Waals surface area contributed by atoms with Gasteiger partial charge in [-0.15, -0.1) is 10.2 Å². The number of amides is 2. The van der Waals surface area contributed by atoms with Crippen molar-refractivity contribution in [2.75, 3.05) is 50.0 Å². The van der Waals surface area contributed by atoms with Gasteiger partial charge in [0.05, 0.1) is 24.8 Å². The van der Waals surface area contributed by atoms with Crippen LogP contribution in [-0.4, -0.2) is 92.0 Å². The maximum atomic E-state index is 12.4. The number of aliphatic hydroxyl groups is 1. The summed E-state index contributed by atoms with van der Waals surface area (Å²) in [6, 6.07) is 14.6. The smallest absolute Gasteiger partial charge is 0.410 e. The number of rotatable bonds is 9. The predicted octanol–water partition coefficient (Wildman–Crippen LogP) is 3.75. The molecule has 0 aliphatic carbocycles. The Morgan fingerprint density at radius 3 is 2.62 bits per heavy atom. The minimum atomic E-state index is -0.543. The lowest BCUT2D eigenvalue weighted by molar-refractivity contribution is 0.0133. The molecule has 2 aliphatic heterocycles. The van der Waals surface area contributed by atoms with Gasteiger partial charge in [0.2, 0.25) is 11.8 Å². The molecule has 4 N–H and O–H groups in total. The van der Waals surface area contributed by atoms with Crippen LogP contribution in [0.3, 0.4) is 0 Å². The molecule has 6 rings (SSSR count). The zero-order valence-electron chi connectivity index (χ0n) is 26.7. The number of fused-ring (bicyclic) bond motifs is 1. The van der Waals surface area contributed by atoms with Crippen LogP contribution in [0.15, 0.2) is 59.1 Å². The molecular formula is C33H39N9O5. The second-order valence-corrected chi connectivity index (χ2v) is 12.5. The van der Waals surface area contributed by atoms with Crippen molar-refractivity contribution >= 4 is 29.5 Å². The summed E-state index contributed by atoms with van der Waals surface area (Å²) in [5.74, 6) is 1.26. The molecule has 4 heterocycles. The third-order valence-corrected chi connectivity index (χ3v) is 7.85. The maximum absolute atomic E-state index is 12.4. The van der Waals surface area contributed by atoms with E-state index in [2.05, 4.69) is 36.0 Å². The zero-order valence-corrected chi connectivity index (χ0v) is 26.7. The highest BCUT2D eigenvalue weighted by Gasteiger charge is 2.27. The summed E-state index contributed by atoms with van der Waals surface area (Å²) in [6.07, 6.45) is 2.02. The Balaban J connectivity index is 1.20. The second kappa shape index (κ2) is 13.7. The molecule has 14 heteroatoms. The zero-order chi connectivity index (χ0) is 33.0. The summed E-state index contributed by atoms with van der Waals surface area (Å²) in [6.45, 7) is 8.72. The number of carbonyl (C=O) groups excluding carboxylic acids is 2. The molecule has 2 amide bonds. The quantitative estimate of drug-likeness (QED) is 0.209. The Morgan fingerprint density at radius 1 is 1.09 bits per heavy atom. The third-order valence-electron chi connectivity index (χ3n) is 7.85. The number of anilines is 3. The van der Waals surface area contributed by atoms with Gasteiger partial charge in [-0.05, 0) is 56.5 Å². The van der Waals surface area contributed by atoms with Gasteiger partial charge in [-0.2, -0.15) is 4.98 Å². The van der Waals surface area contributed by atoms with Gasteiger partial charge in [0.15, 0.2) is 0 Å². The van der Waals surface area contributed by atoms with Crippen molar-refractivity contribution in [3.05, 3.63) is 77.3 Å². The Hall–Kier alpha value is -5.08. The largest absolute Gasteiger partial charge is 0.444 e. The summed E-state index contributed by atoms with van der Waals surface area (Å²) in [7, 11) is 0. The molecule has 4 aromatic rings. The van der Waals surface area contributed by atoms with E-state index in [1.54, 1.807) is 17.2 Å². The average Bonchev–Trinajstić information content (AvgIpc) is 3.52. The molecule has 0 bridgehead atoms. The lowest BCUT2D eigenvalue weighted by atomic mass is 10.00. The van der Waals surface area contributed by atoms with Crippen LogP contribution in [0.1, 0.15) is 54.2 Å². The molecule has 2 aliphatic rings. The van der Waals surface area contributed by atoms with Crippen LogP contribution in [0.25, 0.3) is 11.5 Å². The fraction of sp³-hybridized carbons (Fsp3) is 0.394. The normalized spacial score (nSPS) is 15.8. The molecule has 0 radical (unpaired) electrons. The van der Waals surface area contributed by atoms with Crippen LogP contribution in [0.4, 0.5) is 22.2 Å². The number of hydrogen-bond acceptors (Lipinski definition) is 12. The van der Waals surface area contributed by atoms with E-state index in [1.165, 1.54) is 0 Å². The number of nitrogens with one attached hydrogen (secondary N) is 3. The summed E-state index contributed by atoms with van der Waals surface area (Å²) < 4.78 is 11.6. The second-order valence-electron chi connectivity index (χ2n) is 12.5. The van der Waals surface area contributed by atoms with Crippen molar-refractivity contribution < 1.29 is 23.8 Å². The third kappa shape index (κ3) is 7.84. The Kier molecular flexibility index (Phi) is 9.31. The van der Waals surface area contributed by atoms with Gasteiger partial charge in [0, 0.05) is 50.2 Å². The summed E-state index contributed by atoms with van der Waals surface area (Å²) >= 11 is 0. The predicted molar refractivity (Wildman–Crippen MR) is 174 cm³/mol. The number of aromatic nitrogens is 4. The summed E-state index contributed by atoms with van der Waals surface area (Å²) in [4.78, 5) is 37.8. The molecule has 47 heavy (non-hydrogen) atoms. The van der Waals surface area contributed by atoms with Gasteiger partial charge < -0.3 is 35.1 Å². The monoisotopic (exact) mass is 641 g/mol. The van der Waals surface area contributed by atoms with Crippen molar-refractivity contribution in [3.8, 4) is 11.5 Å². The highest BCUT2D eigenvalue weighted by molar-refractivity contribution is 5.97. The van der Waals surface area contributed by atoms with Crippen molar-refractivity contribution in [2.45, 2.75) is 45.4 Å². The van der Waals surface area contributed by atoms with E-state index < -0.39 is 11.6 Å². The van der Waals surface area contributed by atoms with Crippen LogP contribution in [0.5, 0.6) is 0 Å². The molecule has 0 saturated carbocycles. The molecule has 0 unspecified atom stereocenters. The molecule has 14 nitrogen and oxygen atoms in total. The minimum absolute atomic E-state index is 0.0807. The van der Waals surface area contributed by atoms with Crippen LogP contribution in [0, 0.1) is 0 Å². The molecule has 0 spiro atoms. The molecule has 2 aromatic heterocycles. The van der Waals surface area contributed by atoms with Gasteiger partial charge in [0.1, 0.15) is 11.4 Å². The van der Waals surface area contributed by atoms with Gasteiger partial charge in [-0.3, -0.25) is 9.69 Å². The number of carbonyl (C=O) groups is 2. The first-order valence-corrected chi connectivity index (χ1v) is 15.7. The maximum Gasteiger partial charge on any atom is 0.410 e. The van der Waals surface area contributed by atoms with Crippen LogP contribution in [0.2, 0.25) is 0 Å². The molecular weight excluding hydrogens is 602 g/mol. The SMILES string of the molecule is CC(C)(C)OC(=O)N1CCN(Cc2nnc(-c3cnc(Nc4ccc5c(c4)CCNC5=O)nc3N[C@H](CO)c3ccccc3)o2)CC1. The number of ether oxygens (including phenoxy) is 1. The molecule has 1 atom stereocenters. The van der Waals surface area contributed by atoms with Crippen molar-refractivity contribution in [3.63, 3.8) is 0 Å². The van der Waals surface area contributed by atoms with E-state index in [9.17, 15) is 14.7 Å². The topological polar surface area (TPSA) is 171 Å². The van der Waals surface area contributed by atoms with Crippen LogP contribution in [-0.2, 0) is 17.7 Å². The van der Waals surface area contributed by atoms with Gasteiger partial charge in [-0.25, -0.2) is 9.78 Å². The molecule has 1 fully saturated rings. The van der Waals surface area contributed by atoms with Gasteiger partial charge in [-0.1, -0.05) is 30.3 Å². The van der Waals surface area contributed by atoms with E-state index in [0.717, 1.165) is 23.2 Å². The Morgan fingerprint density at radius 2 is 1.87 bits per heavy atom. The van der Waals surface area contributed by atoms with Crippen LogP contribution >= 0.6 is 0 Å². The number of nitrogens with zero attached hydrogens (tertiary/aromatic N) is 6. The van der Waals surface area contributed by atoms with E-state index in [4.69, 9.17) is 14.1 Å². The standard InChI is InChI=1S/C33H39N9O5/c1-33(2,3)47-32(45)42-15-13-41(14-16-42)19-27-39-40-30(46-27)25-18-35-31(36-23-9-10-24-22(17-23)11-12-34-29(24)44)38-28(25)37-26(20-43)21-7-5-4-6-8-21/h4-10,17-18,26,43H,11-16,19-20H2,1-3H3,(H,34,44)(H2,35,36,37,38)/t26-/m1/s1. The Bertz CT molecular complexity index is 1720. The first-order chi connectivity index (χ1) is 22.6. The molecule has 2 aromatic carbocycles. The minimum Gasteiger partial charge on any atom is -0.444 e. The summed E-state index contributed by atoms with van der Waals surface area (Å²) in [5, 5.41) is 28.3. The lowest BCUT2D eigenvalue weighted by Crippen LogP contribution is -2.49. The first kappa shape index (κ1) is 31.9. The number of piperazine rings is 1. The summed E-state index contributed by atoms with van der Waals surface area (Å²) in [5.41, 5.74) is 3.15. The number of benzene rings is 2. The van der Waals surface area contributed by atoms with Gasteiger partial charge in [0.25, 0.3) is 11.8 Å². The fourth-order valence-corrected chi connectivity index (χ4v) is 5.46. The lowest BCUT2D eigenvalue weighted by Gasteiger charge is -2.34. The van der Waals surface area contributed by atoms with E-state index >= 15 is 0 Å². The van der Waals surface area contributed by atoms with E-state index in [0.29, 0.717) is 68.1 Å². The van der Waals surface area contributed by atoms with Crippen molar-refractivity contribution in [1.29, 1.82) is 0 Å². The molecule has 246 valence electrons. The Labute approximate surface area is 272 Å². The number of hydrogen-bond donors (Lipinski definition) is 4. The molecule has 1 saturated heterocycles. The highest BCUT2D eigenvalue weighted by Crippen LogP contribution is 2.30. The fourth-order valence-electron chi connectivity index (χ4n) is 5.46. The van der Waals surface area contributed by atoms with Crippen molar-refractivity contribution in [1.82, 2.24) is 35.3 Å². The van der Waals surface area contributed by atoms with Gasteiger partial charge >= 0.3 is 6.09 Å². The van der Waals surface area contributed by atoms with E-state index in [1.807, 2.05) is 63.2 Å². The average molecular weight is 642 g/mol. The first-order valence-electron chi connectivity index (χ1n) is 15.7.